The summed E-state index contributed by atoms with van der Waals surface area (Å²) in [5.41, 5.74) is 22.2. The minimum absolute atomic E-state index is 0. The fourth-order valence-corrected chi connectivity index (χ4v) is 13.4. The number of esters is 2. The molecular weight excluding hydrogens is 2150 g/mol. The molecule has 55 heteroatoms. The number of halogens is 6. The third-order valence-corrected chi connectivity index (χ3v) is 22.3. The highest BCUT2D eigenvalue weighted by Crippen LogP contribution is 2.28. The van der Waals surface area contributed by atoms with Crippen LogP contribution in [0.3, 0.4) is 0 Å². The molecule has 0 bridgehead atoms. The molecule has 0 saturated carbocycles. The van der Waals surface area contributed by atoms with Crippen LogP contribution in [0.25, 0.3) is 39.9 Å². The van der Waals surface area contributed by atoms with E-state index in [-0.39, 0.29) is 125 Å². The number of aromatic nitrogens is 8. The van der Waals surface area contributed by atoms with Crippen LogP contribution in [-0.4, -0.2) is 175 Å². The topological polar surface area (TPSA) is 497 Å². The van der Waals surface area contributed by atoms with Crippen LogP contribution in [0.5, 0.6) is 0 Å². The Morgan fingerprint density at radius 2 is 0.976 bits per heavy atom. The van der Waals surface area contributed by atoms with Gasteiger partial charge in [0.05, 0.1) is 44.2 Å². The summed E-state index contributed by atoms with van der Waals surface area (Å²) in [6, 6.07) is 26.6. The number of hydrogen-bond acceptors (Lipinski definition) is 31. The molecular formula is C70H81Br3ClF2N17O17S15. The number of hydrogen-bond donors (Lipinski definition) is 8. The van der Waals surface area contributed by atoms with Crippen molar-refractivity contribution >= 4 is 299 Å². The Kier molecular flexibility index (Phi) is 57.7. The summed E-state index contributed by atoms with van der Waals surface area (Å²) in [5, 5.41) is 28.9. The fraction of sp³-hybridized carbons (Fsp3) is 0.314. The van der Waals surface area contributed by atoms with E-state index in [1.54, 1.807) is 112 Å². The van der Waals surface area contributed by atoms with Gasteiger partial charge in [-0.25, -0.2) is 28.1 Å². The van der Waals surface area contributed by atoms with Crippen molar-refractivity contribution in [2.24, 2.45) is 27.9 Å². The number of aliphatic imine (C=N–C) groups is 1. The van der Waals surface area contributed by atoms with Crippen LogP contribution in [0, 0.1) is 0 Å². The lowest BCUT2D eigenvalue weighted by atomic mass is 10.2. The first-order valence-corrected chi connectivity index (χ1v) is 50.0. The van der Waals surface area contributed by atoms with Gasteiger partial charge in [0.2, 0.25) is 17.7 Å². The molecule has 3 aliphatic rings. The second kappa shape index (κ2) is 61.6. The summed E-state index contributed by atoms with van der Waals surface area (Å²) in [6.07, 6.45) is 5.39. The van der Waals surface area contributed by atoms with Crippen molar-refractivity contribution in [1.29, 1.82) is 0 Å². The van der Waals surface area contributed by atoms with Crippen LogP contribution >= 0.6 is 73.7 Å². The maximum atomic E-state index is 14.2. The highest BCUT2D eigenvalue weighted by molar-refractivity contribution is 9.10. The molecule has 12 rings (SSSR count). The van der Waals surface area contributed by atoms with Crippen molar-refractivity contribution in [3.63, 3.8) is 0 Å². The molecule has 12 N–H and O–H groups in total. The third kappa shape index (κ3) is 44.1. The maximum Gasteiger partial charge on any atom is 0.328 e. The molecule has 4 atom stereocenters. The Morgan fingerprint density at radius 3 is 1.30 bits per heavy atom. The lowest BCUT2D eigenvalue weighted by Crippen LogP contribution is -2.44. The zero-order chi connectivity index (χ0) is 91.4. The van der Waals surface area contributed by atoms with Gasteiger partial charge in [-0.3, -0.25) is 57.6 Å². The number of carboxylic acids is 1. The number of furan rings is 4. The summed E-state index contributed by atoms with van der Waals surface area (Å²) in [5.74, 6) is -3.00. The van der Waals surface area contributed by atoms with Crippen LogP contribution in [0.4, 0.5) is 20.4 Å². The molecule has 9 aromatic rings. The summed E-state index contributed by atoms with van der Waals surface area (Å²) in [7, 11) is 7.21. The van der Waals surface area contributed by atoms with Gasteiger partial charge in [0.1, 0.15) is 104 Å². The van der Waals surface area contributed by atoms with Crippen LogP contribution in [0.2, 0.25) is 0 Å². The van der Waals surface area contributed by atoms with Gasteiger partial charge in [0.15, 0.2) is 34.4 Å². The molecule has 0 radical (unpaired) electrons. The minimum Gasteiger partial charge on any atom is -0.480 e. The lowest BCUT2D eigenvalue weighted by Gasteiger charge is -2.23. The Labute approximate surface area is 810 Å². The first-order chi connectivity index (χ1) is 57.8. The zero-order valence-corrected chi connectivity index (χ0v) is 83.2. The Bertz CT molecular complexity index is 5340. The van der Waals surface area contributed by atoms with Crippen LogP contribution in [0.1, 0.15) is 99.0 Å². The Morgan fingerprint density at radius 1 is 0.576 bits per heavy atom. The Balaban J connectivity index is 0.00000147. The predicted octanol–water partition coefficient (Wildman–Crippen LogP) is 8.83. The second-order valence-corrected chi connectivity index (χ2v) is 38.2. The monoisotopic (exact) mass is 2220 g/mol. The quantitative estimate of drug-likeness (QED) is 0.0213. The van der Waals surface area contributed by atoms with Gasteiger partial charge in [-0.05, 0) is 152 Å². The van der Waals surface area contributed by atoms with E-state index in [4.69, 9.17) is 55.2 Å². The molecule has 0 unspecified atom stereocenters. The van der Waals surface area contributed by atoms with Crippen molar-refractivity contribution in [2.45, 2.75) is 117 Å². The molecule has 3 aliphatic heterocycles. The average molecular weight is 2230 g/mol. The van der Waals surface area contributed by atoms with E-state index in [0.29, 0.717) is 61.6 Å². The number of carbonyl (C=O) groups excluding carboxylic acids is 9. The molecule has 2 saturated heterocycles. The predicted molar refractivity (Wildman–Crippen MR) is 522 cm³/mol. The smallest absolute Gasteiger partial charge is 0.328 e. The van der Waals surface area contributed by atoms with Gasteiger partial charge < -0.3 is 76.0 Å². The van der Waals surface area contributed by atoms with Gasteiger partial charge in [0, 0.05) is 186 Å². The van der Waals surface area contributed by atoms with Crippen LogP contribution < -0.4 is 38.9 Å². The summed E-state index contributed by atoms with van der Waals surface area (Å²) in [6.45, 7) is 10.5. The number of pyridine rings is 2. The highest BCUT2D eigenvalue weighted by atomic mass is 79.9. The second-order valence-electron chi connectivity index (χ2n) is 25.4. The fourth-order valence-electron chi connectivity index (χ4n) is 9.83. The van der Waals surface area contributed by atoms with Gasteiger partial charge in [0.25, 0.3) is 23.6 Å². The number of nitrogens with two attached hydrogens (primary N) is 4. The summed E-state index contributed by atoms with van der Waals surface area (Å²) < 4.78 is 63.0. The van der Waals surface area contributed by atoms with Gasteiger partial charge in [-0.15, -0.1) is 12.4 Å². The number of amides is 7. The van der Waals surface area contributed by atoms with Gasteiger partial charge in [-0.2, -0.15) is 28.8 Å². The molecule has 34 nitrogen and oxygen atoms in total. The maximum absolute atomic E-state index is 14.2. The molecule has 0 spiro atoms. The van der Waals surface area contributed by atoms with Crippen molar-refractivity contribution in [1.82, 2.24) is 49.5 Å². The number of carboxylic acid groups (broad SMARTS) is 1. The number of aliphatic carboxylic acids is 1. The number of alkyl halides is 3. The summed E-state index contributed by atoms with van der Waals surface area (Å²) >= 11 is 42.5. The van der Waals surface area contributed by atoms with Crippen LogP contribution in [0.15, 0.2) is 166 Å². The number of nitrogens with zero attached hydrogens (tertiary/aromatic N) is 10. The number of carbonyl (C=O) groups is 10. The van der Waals surface area contributed by atoms with Crippen molar-refractivity contribution in [3.05, 3.63) is 166 Å². The van der Waals surface area contributed by atoms with Crippen LogP contribution in [-0.2, 0) is 205 Å². The zero-order valence-electron chi connectivity index (χ0n) is 65.1. The van der Waals surface area contributed by atoms with E-state index >= 15 is 0 Å². The normalized spacial score (nSPS) is 14.0. The molecule has 0 aliphatic carbocycles. The molecule has 9 aromatic heterocycles. The first-order valence-electron chi connectivity index (χ1n) is 33.9. The van der Waals surface area contributed by atoms with E-state index < -0.39 is 77.4 Å². The number of ether oxygens (including phenoxy) is 2. The molecule has 2 fully saturated rings. The molecule has 680 valence electrons. The van der Waals surface area contributed by atoms with E-state index in [9.17, 15) is 56.7 Å². The van der Waals surface area contributed by atoms with E-state index in [1.807, 2.05) is 26.8 Å². The first kappa shape index (κ1) is 117. The van der Waals surface area contributed by atoms with Crippen molar-refractivity contribution in [3.8, 4) is 34.4 Å². The molecule has 12 heterocycles. The molecule has 0 aromatic carbocycles. The molecule has 125 heavy (non-hydrogen) atoms. The SMILES string of the molecule is C.CC(C)(C)OC(=O)CBr.CC(C)(C)OC(=O)Cn1nc(C(N)=O)cc1-c1ccco1.Cl.NC(=O)C1=NCC(c2ccco2)=C1.NC(=O)c1cc(-c2ccco2)n(CC(=O)N2C[C@H](F)C[C@H]2C(=O)Nc2cccc(Br)n2)n1.NC(=O)c1cc(-c2ccco2)n(CC(=O)O)n1.O=C(Nc1cccc(Br)n1)[C@@H]1C[C@@H](F)CN1.S.S=S.S=S=S.S=S=S=S.S=S=S=S=S. The third-order valence-electron chi connectivity index (χ3n) is 14.3. The lowest BCUT2D eigenvalue weighted by molar-refractivity contribution is -0.156. The van der Waals surface area contributed by atoms with E-state index in [2.05, 4.69) is 184 Å². The van der Waals surface area contributed by atoms with Gasteiger partial charge >= 0.3 is 17.9 Å². The highest BCUT2D eigenvalue weighted by Gasteiger charge is 2.41. The number of anilines is 2. The standard InChI is InChI=1S/C20H18BrFN6O4.C14H17N3O4.C10H11BrFN3O.C10H9N3O4.C9H8N2O2.C6H11BrO2.CH4.ClH.S5.S4.S3.S2.H2S/c21-16-4-1-5-17(24-16)25-20(31)14-7-11(22)9-27(14)18(29)10-28-13(15-3-2-6-32-15)8-12(26-28)19(23)30;1-14(2,3)21-12(18)8-17-10(11-5-4-6-20-11)7-9(16-17)13(15)19;11-8-2-1-3-9(14-8)15-10(16)7-4-6(12)5-13-7;11-10(16)6-4-7(8-2-1-3-17-8)13(12-6)5-9(14)15;10-9(12)7-4-6(5-11-7)8-2-1-3-13-8;1-6(2,3)9-5(8)4-7;;;1-3-5-4-2;1-3-4-2;1-3-2;1-2;/h1-6,8,11,14H,7,9-10H2,(H2,23,30)(H,24,25,31);4-7H,8H2,1-3H3,(H2,15,19);1-3,6-7,13H,4-5H2,(H,14,15,16);1-4H,5H2,(H2,11,16)(H,14,15);1-4H,5H2,(H2,10,12);4H2,1-3H3;1H4;1H;;;;;1H2/t11-,14+;;6-,7+;;;;;;;;;;/m1.1........../s1. The van der Waals surface area contributed by atoms with E-state index in [0.717, 1.165) is 29.8 Å². The van der Waals surface area contributed by atoms with Crippen molar-refractivity contribution in [2.75, 3.05) is 35.6 Å². The minimum atomic E-state index is -1.35. The van der Waals surface area contributed by atoms with E-state index in [1.165, 1.54) is 90.8 Å². The molecule has 7 amide bonds. The average Bonchev–Trinajstić information content (AvgIpc) is 1.65. The van der Waals surface area contributed by atoms with Gasteiger partial charge in [-0.1, -0.05) is 35.5 Å². The van der Waals surface area contributed by atoms with Crippen molar-refractivity contribution < 1.29 is 89.0 Å². The number of primary amides is 4. The number of rotatable bonds is 19. The number of nitrogens with one attached hydrogen (secondary N) is 3. The summed E-state index contributed by atoms with van der Waals surface area (Å²) in [4.78, 5) is 128. The number of likely N-dealkylation sites (tertiary alicyclic amines) is 1. The Hall–Kier alpha value is -7.86. The largest absolute Gasteiger partial charge is 0.480 e.